The molecule has 2 N–H and O–H groups in total. The number of H-pyrrole nitrogens is 1. The molecule has 0 radical (unpaired) electrons. The number of rotatable bonds is 2. The Morgan fingerprint density at radius 2 is 2.06 bits per heavy atom. The van der Waals surface area contributed by atoms with Gasteiger partial charge in [0.15, 0.2) is 5.78 Å². The Balaban J connectivity index is 2.92. The highest BCUT2D eigenvalue weighted by atomic mass is 35.5. The van der Waals surface area contributed by atoms with Crippen LogP contribution in [-0.4, -0.2) is 21.8 Å². The number of fused-ring (bicyclic) bond motifs is 1. The van der Waals surface area contributed by atoms with Crippen LogP contribution in [0.4, 0.5) is 0 Å². The normalized spacial score (nSPS) is 10.6. The van der Waals surface area contributed by atoms with Gasteiger partial charge >= 0.3 is 5.97 Å². The van der Waals surface area contributed by atoms with Crippen LogP contribution in [0, 0.1) is 0 Å². The average Bonchev–Trinajstić information content (AvgIpc) is 2.58. The van der Waals surface area contributed by atoms with Crippen molar-refractivity contribution in [2.24, 2.45) is 0 Å². The molecule has 5 heteroatoms. The molecule has 0 fully saturated rings. The monoisotopic (exact) mass is 237 g/mol. The standard InChI is InChI=1S/C11H8ClNO3/c1-5(14)8-6-3-2-4-7(12)9(6)13-10(8)11(15)16/h2-4,13H,1H3,(H,15,16). The molecule has 0 saturated heterocycles. The summed E-state index contributed by atoms with van der Waals surface area (Å²) in [6, 6.07) is 4.98. The summed E-state index contributed by atoms with van der Waals surface area (Å²) >= 11 is 5.92. The van der Waals surface area contributed by atoms with E-state index in [-0.39, 0.29) is 17.0 Å². The quantitative estimate of drug-likeness (QED) is 0.789. The number of carboxylic acid groups (broad SMARTS) is 1. The number of nitrogens with one attached hydrogen (secondary N) is 1. The number of benzene rings is 1. The summed E-state index contributed by atoms with van der Waals surface area (Å²) in [4.78, 5) is 25.1. The lowest BCUT2D eigenvalue weighted by molar-refractivity contribution is 0.0687. The summed E-state index contributed by atoms with van der Waals surface area (Å²) in [6.45, 7) is 1.33. The van der Waals surface area contributed by atoms with E-state index in [0.717, 1.165) is 0 Å². The average molecular weight is 238 g/mol. The van der Waals surface area contributed by atoms with Crippen molar-refractivity contribution < 1.29 is 14.7 Å². The third-order valence-electron chi connectivity index (χ3n) is 2.35. The second-order valence-electron chi connectivity index (χ2n) is 3.40. The SMILES string of the molecule is CC(=O)c1c(C(=O)O)[nH]c2c(Cl)cccc12. The van der Waals surface area contributed by atoms with Crippen LogP contribution in [0.25, 0.3) is 10.9 Å². The van der Waals surface area contributed by atoms with E-state index in [1.165, 1.54) is 6.92 Å². The van der Waals surface area contributed by atoms with Gasteiger partial charge in [-0.1, -0.05) is 23.7 Å². The molecule has 0 aliphatic carbocycles. The van der Waals surface area contributed by atoms with Crippen molar-refractivity contribution in [3.63, 3.8) is 0 Å². The van der Waals surface area contributed by atoms with Gasteiger partial charge in [0, 0.05) is 5.39 Å². The number of halogens is 1. The Kier molecular flexibility index (Phi) is 2.44. The van der Waals surface area contributed by atoms with Crippen molar-refractivity contribution in [2.75, 3.05) is 0 Å². The van der Waals surface area contributed by atoms with Gasteiger partial charge in [-0.3, -0.25) is 4.79 Å². The van der Waals surface area contributed by atoms with Gasteiger partial charge in [-0.2, -0.15) is 0 Å². The Bertz CT molecular complexity index is 601. The highest BCUT2D eigenvalue weighted by Gasteiger charge is 2.20. The first-order chi connectivity index (χ1) is 7.52. The summed E-state index contributed by atoms with van der Waals surface area (Å²) in [5.74, 6) is -1.47. The number of hydrogen-bond acceptors (Lipinski definition) is 2. The minimum absolute atomic E-state index is 0.115. The molecule has 2 aromatic rings. The molecular formula is C11H8ClNO3. The molecule has 1 aromatic heterocycles. The van der Waals surface area contributed by atoms with Crippen molar-refractivity contribution in [3.05, 3.63) is 34.5 Å². The van der Waals surface area contributed by atoms with Crippen LogP contribution in [0.5, 0.6) is 0 Å². The fraction of sp³-hybridized carbons (Fsp3) is 0.0909. The number of carbonyl (C=O) groups excluding carboxylic acids is 1. The van der Waals surface area contributed by atoms with Gasteiger partial charge in [0.25, 0.3) is 0 Å². The van der Waals surface area contributed by atoms with Crippen molar-refractivity contribution in [1.29, 1.82) is 0 Å². The largest absolute Gasteiger partial charge is 0.477 e. The van der Waals surface area contributed by atoms with Crippen LogP contribution < -0.4 is 0 Å². The number of hydrogen-bond donors (Lipinski definition) is 2. The van der Waals surface area contributed by atoms with E-state index >= 15 is 0 Å². The summed E-state index contributed by atoms with van der Waals surface area (Å²) in [5.41, 5.74) is 0.535. The molecule has 0 aliphatic rings. The first kappa shape index (κ1) is 10.7. The first-order valence-corrected chi connectivity index (χ1v) is 4.94. The van der Waals surface area contributed by atoms with Crippen molar-refractivity contribution in [2.45, 2.75) is 6.92 Å². The van der Waals surface area contributed by atoms with Crippen LogP contribution >= 0.6 is 11.6 Å². The molecule has 2 rings (SSSR count). The van der Waals surface area contributed by atoms with Gasteiger partial charge in [0.2, 0.25) is 0 Å². The second kappa shape index (κ2) is 3.64. The van der Waals surface area contributed by atoms with E-state index in [1.807, 2.05) is 0 Å². The summed E-state index contributed by atoms with van der Waals surface area (Å²) < 4.78 is 0. The fourth-order valence-corrected chi connectivity index (χ4v) is 1.93. The smallest absolute Gasteiger partial charge is 0.353 e. The molecular weight excluding hydrogens is 230 g/mol. The Labute approximate surface area is 95.8 Å². The van der Waals surface area contributed by atoms with Gasteiger partial charge in [0.1, 0.15) is 5.69 Å². The zero-order valence-electron chi connectivity index (χ0n) is 8.37. The van der Waals surface area contributed by atoms with Crippen molar-refractivity contribution in [3.8, 4) is 0 Å². The number of para-hydroxylation sites is 1. The number of ketones is 1. The predicted molar refractivity (Wildman–Crippen MR) is 60.3 cm³/mol. The number of aromatic nitrogens is 1. The first-order valence-electron chi connectivity index (χ1n) is 4.56. The highest BCUT2D eigenvalue weighted by Crippen LogP contribution is 2.28. The lowest BCUT2D eigenvalue weighted by atomic mass is 10.1. The lowest BCUT2D eigenvalue weighted by Gasteiger charge is -1.95. The van der Waals surface area contributed by atoms with Crippen molar-refractivity contribution >= 4 is 34.3 Å². The van der Waals surface area contributed by atoms with Gasteiger partial charge in [-0.25, -0.2) is 4.79 Å². The summed E-state index contributed by atoms with van der Waals surface area (Å²) in [7, 11) is 0. The van der Waals surface area contributed by atoms with Crippen LogP contribution in [0.2, 0.25) is 5.02 Å². The van der Waals surface area contributed by atoms with Gasteiger partial charge in [-0.05, 0) is 13.0 Å². The maximum Gasteiger partial charge on any atom is 0.353 e. The zero-order valence-corrected chi connectivity index (χ0v) is 9.13. The Morgan fingerprint density at radius 1 is 1.38 bits per heavy atom. The molecule has 0 unspecified atom stereocenters. The number of aromatic amines is 1. The molecule has 0 saturated carbocycles. The van der Waals surface area contributed by atoms with E-state index in [2.05, 4.69) is 4.98 Å². The minimum Gasteiger partial charge on any atom is -0.477 e. The van der Waals surface area contributed by atoms with Crippen LogP contribution in [-0.2, 0) is 0 Å². The van der Waals surface area contributed by atoms with E-state index in [0.29, 0.717) is 15.9 Å². The Morgan fingerprint density at radius 3 is 2.62 bits per heavy atom. The molecule has 0 spiro atoms. The maximum atomic E-state index is 11.4. The zero-order chi connectivity index (χ0) is 11.9. The lowest BCUT2D eigenvalue weighted by Crippen LogP contribution is -2.04. The van der Waals surface area contributed by atoms with Crippen LogP contribution in [0.15, 0.2) is 18.2 Å². The Hall–Kier alpha value is -1.81. The molecule has 0 aliphatic heterocycles. The topological polar surface area (TPSA) is 70.2 Å². The molecule has 1 heterocycles. The number of Topliss-reactive ketones (excluding diaryl/α,β-unsaturated/α-hetero) is 1. The second-order valence-corrected chi connectivity index (χ2v) is 3.81. The third-order valence-corrected chi connectivity index (χ3v) is 2.66. The fourth-order valence-electron chi connectivity index (χ4n) is 1.71. The van der Waals surface area contributed by atoms with Gasteiger partial charge in [0.05, 0.1) is 16.1 Å². The van der Waals surface area contributed by atoms with Gasteiger partial charge in [-0.15, -0.1) is 0 Å². The molecule has 1 aromatic carbocycles. The summed E-state index contributed by atoms with van der Waals surface area (Å²) in [6.07, 6.45) is 0. The van der Waals surface area contributed by atoms with Gasteiger partial charge < -0.3 is 10.1 Å². The molecule has 16 heavy (non-hydrogen) atoms. The van der Waals surface area contributed by atoms with E-state index < -0.39 is 5.97 Å². The highest BCUT2D eigenvalue weighted by molar-refractivity contribution is 6.36. The third kappa shape index (κ3) is 1.47. The molecule has 4 nitrogen and oxygen atoms in total. The van der Waals surface area contributed by atoms with Crippen LogP contribution in [0.1, 0.15) is 27.8 Å². The van der Waals surface area contributed by atoms with E-state index in [9.17, 15) is 9.59 Å². The molecule has 82 valence electrons. The molecule has 0 bridgehead atoms. The van der Waals surface area contributed by atoms with E-state index in [4.69, 9.17) is 16.7 Å². The predicted octanol–water partition coefficient (Wildman–Crippen LogP) is 2.72. The van der Waals surface area contributed by atoms with Crippen molar-refractivity contribution in [1.82, 2.24) is 4.98 Å². The van der Waals surface area contributed by atoms with Crippen LogP contribution in [0.3, 0.4) is 0 Å². The number of aromatic carboxylic acids is 1. The number of carboxylic acids is 1. The molecule has 0 atom stereocenters. The number of carbonyl (C=O) groups is 2. The maximum absolute atomic E-state index is 11.4. The minimum atomic E-state index is -1.17. The summed E-state index contributed by atoms with van der Waals surface area (Å²) in [5, 5.41) is 9.92. The molecule has 0 amide bonds. The van der Waals surface area contributed by atoms with E-state index in [1.54, 1.807) is 18.2 Å².